The van der Waals surface area contributed by atoms with Gasteiger partial charge in [-0.3, -0.25) is 9.59 Å². The summed E-state index contributed by atoms with van der Waals surface area (Å²) in [6.45, 7) is 0.775. The molecule has 9 heteroatoms. The van der Waals surface area contributed by atoms with Gasteiger partial charge >= 0.3 is 0 Å². The Morgan fingerprint density at radius 3 is 2.72 bits per heavy atom. The molecule has 0 atom stereocenters. The first-order chi connectivity index (χ1) is 15.3. The van der Waals surface area contributed by atoms with Crippen molar-refractivity contribution in [3.63, 3.8) is 0 Å². The molecule has 2 amide bonds. The summed E-state index contributed by atoms with van der Waals surface area (Å²) >= 11 is 3.39. The number of benzene rings is 2. The topological polar surface area (TPSA) is 92.8 Å². The number of hydrogen-bond donors (Lipinski definition) is 1. The number of nitrogens with one attached hydrogen (secondary N) is 1. The van der Waals surface area contributed by atoms with Crippen LogP contribution in [0.1, 0.15) is 30.4 Å². The Bertz CT molecular complexity index is 1160. The summed E-state index contributed by atoms with van der Waals surface area (Å²) in [4.78, 5) is 26.8. The van der Waals surface area contributed by atoms with Gasteiger partial charge in [0.05, 0.1) is 23.4 Å². The van der Waals surface area contributed by atoms with Crippen LogP contribution in [-0.4, -0.2) is 39.6 Å². The van der Waals surface area contributed by atoms with E-state index in [4.69, 9.17) is 4.74 Å². The van der Waals surface area contributed by atoms with Crippen molar-refractivity contribution in [3.05, 3.63) is 52.0 Å². The van der Waals surface area contributed by atoms with Crippen molar-refractivity contribution in [1.29, 1.82) is 0 Å². The summed E-state index contributed by atoms with van der Waals surface area (Å²) in [6, 6.07) is 10.7. The van der Waals surface area contributed by atoms with Gasteiger partial charge in [0.2, 0.25) is 11.8 Å². The Labute approximate surface area is 196 Å². The maximum Gasteiger partial charge on any atom is 0.230 e. The van der Waals surface area contributed by atoms with E-state index in [9.17, 15) is 18.0 Å². The van der Waals surface area contributed by atoms with E-state index >= 15 is 0 Å². The van der Waals surface area contributed by atoms with Crippen molar-refractivity contribution >= 4 is 43.3 Å². The lowest BCUT2D eigenvalue weighted by atomic mass is 10.2. The summed E-state index contributed by atoms with van der Waals surface area (Å²) in [5.74, 6) is 0.00820. The minimum atomic E-state index is -3.77. The van der Waals surface area contributed by atoms with Gasteiger partial charge in [-0.25, -0.2) is 8.42 Å². The number of sulfone groups is 1. The third kappa shape index (κ3) is 4.99. The lowest BCUT2D eigenvalue weighted by Gasteiger charge is -2.20. The summed E-state index contributed by atoms with van der Waals surface area (Å²) < 4.78 is 32.2. The molecule has 1 aliphatic heterocycles. The second kappa shape index (κ2) is 9.23. The van der Waals surface area contributed by atoms with E-state index in [1.54, 1.807) is 18.1 Å². The number of carbonyl (C=O) groups excluding carboxylic acids is 2. The van der Waals surface area contributed by atoms with Gasteiger partial charge < -0.3 is 15.0 Å². The van der Waals surface area contributed by atoms with Crippen LogP contribution in [0.3, 0.4) is 0 Å². The van der Waals surface area contributed by atoms with E-state index < -0.39 is 9.84 Å². The largest absolute Gasteiger partial charge is 0.497 e. The standard InChI is InChI=1S/C23H25BrN2O5S/c1-31-19-4-2-3-15(11-19)14-25-21(27)8-10-32(29,30)20-13-18(24)12-17-7-9-26(22(17)20)23(28)16-5-6-16/h2-4,11-13,16H,5-10,14H2,1H3,(H,25,27). The van der Waals surface area contributed by atoms with Gasteiger partial charge in [0.15, 0.2) is 9.84 Å². The SMILES string of the molecule is COc1cccc(CNC(=O)CCS(=O)(=O)c2cc(Br)cc3c2N(C(=O)C2CC2)CC3)c1. The number of rotatable bonds is 8. The minimum Gasteiger partial charge on any atom is -0.497 e. The Morgan fingerprint density at radius 2 is 2.00 bits per heavy atom. The molecule has 7 nitrogen and oxygen atoms in total. The molecule has 0 bridgehead atoms. The molecule has 2 aromatic rings. The molecule has 0 spiro atoms. The van der Waals surface area contributed by atoms with Crippen molar-refractivity contribution in [1.82, 2.24) is 5.32 Å². The van der Waals surface area contributed by atoms with Crippen LogP contribution in [0, 0.1) is 5.92 Å². The summed E-state index contributed by atoms with van der Waals surface area (Å²) in [7, 11) is -2.20. The molecular formula is C23H25BrN2O5S. The van der Waals surface area contributed by atoms with Gasteiger partial charge in [-0.05, 0) is 54.7 Å². The number of fused-ring (bicyclic) bond motifs is 1. The molecule has 4 rings (SSSR count). The summed E-state index contributed by atoms with van der Waals surface area (Å²) in [6.07, 6.45) is 2.18. The maximum atomic E-state index is 13.2. The Morgan fingerprint density at radius 1 is 1.22 bits per heavy atom. The summed E-state index contributed by atoms with van der Waals surface area (Å²) in [5.41, 5.74) is 2.19. The van der Waals surface area contributed by atoms with E-state index in [0.29, 0.717) is 28.9 Å². The molecule has 1 aliphatic carbocycles. The molecule has 0 aromatic heterocycles. The third-order valence-electron chi connectivity index (χ3n) is 5.74. The van der Waals surface area contributed by atoms with E-state index in [1.807, 2.05) is 30.3 Å². The molecule has 32 heavy (non-hydrogen) atoms. The predicted molar refractivity (Wildman–Crippen MR) is 124 cm³/mol. The van der Waals surface area contributed by atoms with Crippen molar-refractivity contribution in [2.24, 2.45) is 5.92 Å². The molecule has 1 saturated carbocycles. The average molecular weight is 521 g/mol. The van der Waals surface area contributed by atoms with E-state index in [2.05, 4.69) is 21.2 Å². The second-order valence-electron chi connectivity index (χ2n) is 8.12. The van der Waals surface area contributed by atoms with E-state index in [-0.39, 0.29) is 41.3 Å². The zero-order chi connectivity index (χ0) is 22.9. The van der Waals surface area contributed by atoms with Crippen LogP contribution in [0.2, 0.25) is 0 Å². The highest BCUT2D eigenvalue weighted by Gasteiger charge is 2.39. The number of nitrogens with zero attached hydrogens (tertiary/aromatic N) is 1. The zero-order valence-corrected chi connectivity index (χ0v) is 20.2. The van der Waals surface area contributed by atoms with Gasteiger partial charge in [0, 0.05) is 29.9 Å². The number of halogens is 1. The number of anilines is 1. The smallest absolute Gasteiger partial charge is 0.230 e. The molecular weight excluding hydrogens is 496 g/mol. The van der Waals surface area contributed by atoms with Gasteiger partial charge in [-0.2, -0.15) is 0 Å². The van der Waals surface area contributed by atoms with E-state index in [1.165, 1.54) is 0 Å². The highest BCUT2D eigenvalue weighted by atomic mass is 79.9. The van der Waals surface area contributed by atoms with Crippen molar-refractivity contribution in [2.45, 2.75) is 37.1 Å². The zero-order valence-electron chi connectivity index (χ0n) is 17.8. The average Bonchev–Trinajstić information content (AvgIpc) is 3.55. The fraction of sp³-hybridized carbons (Fsp3) is 0.391. The monoisotopic (exact) mass is 520 g/mol. The van der Waals surface area contributed by atoms with Gasteiger partial charge in [0.1, 0.15) is 5.75 Å². The number of hydrogen-bond acceptors (Lipinski definition) is 5. The van der Waals surface area contributed by atoms with Crippen LogP contribution < -0.4 is 15.0 Å². The molecule has 0 unspecified atom stereocenters. The third-order valence-corrected chi connectivity index (χ3v) is 7.92. The normalized spacial score (nSPS) is 15.4. The Kier molecular flexibility index (Phi) is 6.57. The number of ether oxygens (including phenoxy) is 1. The van der Waals surface area contributed by atoms with Crippen molar-refractivity contribution in [2.75, 3.05) is 24.3 Å². The molecule has 1 N–H and O–H groups in total. The van der Waals surface area contributed by atoms with Crippen LogP contribution in [0.4, 0.5) is 5.69 Å². The lowest BCUT2D eigenvalue weighted by Crippen LogP contribution is -2.31. The molecule has 2 aromatic carbocycles. The second-order valence-corrected chi connectivity index (χ2v) is 11.1. The van der Waals surface area contributed by atoms with Crippen LogP contribution in [0.15, 0.2) is 45.8 Å². The molecule has 170 valence electrons. The maximum absolute atomic E-state index is 13.2. The van der Waals surface area contributed by atoms with Gasteiger partial charge in [0.25, 0.3) is 0 Å². The Balaban J connectivity index is 1.45. The van der Waals surface area contributed by atoms with E-state index in [0.717, 1.165) is 24.0 Å². The Hall–Kier alpha value is -2.39. The first kappa shape index (κ1) is 22.8. The fourth-order valence-corrected chi connectivity index (χ4v) is 6.06. The van der Waals surface area contributed by atoms with Gasteiger partial charge in [-0.1, -0.05) is 28.1 Å². The number of methoxy groups -OCH3 is 1. The first-order valence-corrected chi connectivity index (χ1v) is 13.0. The number of carbonyl (C=O) groups is 2. The highest BCUT2D eigenvalue weighted by molar-refractivity contribution is 9.10. The van der Waals surface area contributed by atoms with Crippen LogP contribution in [0.5, 0.6) is 5.75 Å². The van der Waals surface area contributed by atoms with Crippen LogP contribution in [0.25, 0.3) is 0 Å². The minimum absolute atomic E-state index is 0.00134. The molecule has 2 aliphatic rings. The van der Waals surface area contributed by atoms with Gasteiger partial charge in [-0.15, -0.1) is 0 Å². The molecule has 0 radical (unpaired) electrons. The van der Waals surface area contributed by atoms with Crippen LogP contribution in [-0.2, 0) is 32.4 Å². The molecule has 0 saturated heterocycles. The van der Waals surface area contributed by atoms with Crippen LogP contribution >= 0.6 is 15.9 Å². The van der Waals surface area contributed by atoms with Crippen molar-refractivity contribution < 1.29 is 22.7 Å². The predicted octanol–water partition coefficient (Wildman–Crippen LogP) is 3.24. The van der Waals surface area contributed by atoms with Crippen molar-refractivity contribution in [3.8, 4) is 5.75 Å². The lowest BCUT2D eigenvalue weighted by molar-refractivity contribution is -0.121. The fourth-order valence-electron chi connectivity index (χ4n) is 3.89. The highest BCUT2D eigenvalue weighted by Crippen LogP contribution is 2.41. The molecule has 1 heterocycles. The first-order valence-electron chi connectivity index (χ1n) is 10.5. The molecule has 1 fully saturated rings. The number of amides is 2. The quantitative estimate of drug-likeness (QED) is 0.576. The summed E-state index contributed by atoms with van der Waals surface area (Å²) in [5, 5.41) is 2.76.